The van der Waals surface area contributed by atoms with Crippen LogP contribution in [0.25, 0.3) is 0 Å². The number of hydrogen-bond acceptors (Lipinski definition) is 3. The van der Waals surface area contributed by atoms with Crippen LogP contribution in [0.5, 0.6) is 0 Å². The normalized spacial score (nSPS) is 29.9. The van der Waals surface area contributed by atoms with E-state index >= 15 is 0 Å². The number of nitrogens with zero attached hydrogens (tertiary/aromatic N) is 2. The lowest BCUT2D eigenvalue weighted by Crippen LogP contribution is -2.37. The standard InChI is InChI=1S/C17H25N3/c18-9-7-13-11-20(17-4-2-1-3-16(13)17)15-8-10-19(12-15)14-5-6-14/h1-4,13-15H,5-12,18H2. The number of para-hydroxylation sites is 1. The molecule has 20 heavy (non-hydrogen) atoms. The van der Waals surface area contributed by atoms with Crippen LogP contribution < -0.4 is 10.6 Å². The molecule has 3 nitrogen and oxygen atoms in total. The molecule has 0 spiro atoms. The zero-order chi connectivity index (χ0) is 13.5. The summed E-state index contributed by atoms with van der Waals surface area (Å²) in [7, 11) is 0. The van der Waals surface area contributed by atoms with Gasteiger partial charge in [0.2, 0.25) is 0 Å². The SMILES string of the molecule is NCCC1CN(C2CCN(C3CC3)C2)c2ccccc21. The number of hydrogen-bond donors (Lipinski definition) is 1. The number of fused-ring (bicyclic) bond motifs is 1. The van der Waals surface area contributed by atoms with Crippen molar-refractivity contribution in [1.82, 2.24) is 4.90 Å². The molecule has 108 valence electrons. The molecule has 1 aromatic rings. The van der Waals surface area contributed by atoms with Gasteiger partial charge in [0.1, 0.15) is 0 Å². The summed E-state index contributed by atoms with van der Waals surface area (Å²) in [5, 5.41) is 0. The molecule has 2 heterocycles. The van der Waals surface area contributed by atoms with Crippen molar-refractivity contribution in [3.05, 3.63) is 29.8 Å². The minimum Gasteiger partial charge on any atom is -0.366 e. The monoisotopic (exact) mass is 271 g/mol. The van der Waals surface area contributed by atoms with Crippen molar-refractivity contribution in [3.8, 4) is 0 Å². The van der Waals surface area contributed by atoms with Crippen LogP contribution in [0.4, 0.5) is 5.69 Å². The molecule has 1 aliphatic carbocycles. The predicted molar refractivity (Wildman–Crippen MR) is 83.2 cm³/mol. The molecule has 0 amide bonds. The Morgan fingerprint density at radius 2 is 1.90 bits per heavy atom. The van der Waals surface area contributed by atoms with E-state index in [-0.39, 0.29) is 0 Å². The third-order valence-corrected chi connectivity index (χ3v) is 5.32. The zero-order valence-electron chi connectivity index (χ0n) is 12.2. The zero-order valence-corrected chi connectivity index (χ0v) is 12.2. The molecule has 2 aliphatic heterocycles. The van der Waals surface area contributed by atoms with Gasteiger partial charge in [0, 0.05) is 43.3 Å². The van der Waals surface area contributed by atoms with Crippen molar-refractivity contribution >= 4 is 5.69 Å². The first-order chi connectivity index (χ1) is 9.86. The Morgan fingerprint density at radius 1 is 1.05 bits per heavy atom. The summed E-state index contributed by atoms with van der Waals surface area (Å²) in [6, 6.07) is 10.6. The molecule has 1 aromatic carbocycles. The summed E-state index contributed by atoms with van der Waals surface area (Å²) in [5.74, 6) is 0.645. The molecule has 3 aliphatic rings. The highest BCUT2D eigenvalue weighted by Crippen LogP contribution is 2.41. The van der Waals surface area contributed by atoms with Gasteiger partial charge in [-0.05, 0) is 43.9 Å². The fraction of sp³-hybridized carbons (Fsp3) is 0.647. The number of anilines is 1. The summed E-state index contributed by atoms with van der Waals surface area (Å²) in [4.78, 5) is 5.39. The van der Waals surface area contributed by atoms with Gasteiger partial charge in [0.15, 0.2) is 0 Å². The molecular weight excluding hydrogens is 246 g/mol. The topological polar surface area (TPSA) is 32.5 Å². The third kappa shape index (κ3) is 2.13. The molecule has 2 fully saturated rings. The average Bonchev–Trinajstić information content (AvgIpc) is 3.10. The van der Waals surface area contributed by atoms with Gasteiger partial charge in [-0.1, -0.05) is 18.2 Å². The van der Waals surface area contributed by atoms with Gasteiger partial charge in [-0.2, -0.15) is 0 Å². The molecule has 1 saturated carbocycles. The van der Waals surface area contributed by atoms with Crippen LogP contribution in [0.3, 0.4) is 0 Å². The Kier molecular flexibility index (Phi) is 3.20. The predicted octanol–water partition coefficient (Wildman–Crippen LogP) is 2.18. The van der Waals surface area contributed by atoms with Crippen LogP contribution in [0.15, 0.2) is 24.3 Å². The molecule has 1 saturated heterocycles. The lowest BCUT2D eigenvalue weighted by molar-refractivity contribution is 0.322. The van der Waals surface area contributed by atoms with Gasteiger partial charge in [-0.3, -0.25) is 4.90 Å². The number of likely N-dealkylation sites (tertiary alicyclic amines) is 1. The van der Waals surface area contributed by atoms with E-state index in [9.17, 15) is 0 Å². The van der Waals surface area contributed by atoms with Crippen LogP contribution in [0.1, 0.15) is 37.2 Å². The van der Waals surface area contributed by atoms with Crippen LogP contribution in [0, 0.1) is 0 Å². The number of benzene rings is 1. The Balaban J connectivity index is 1.54. The molecular formula is C17H25N3. The molecule has 0 bridgehead atoms. The first kappa shape index (κ1) is 12.7. The lowest BCUT2D eigenvalue weighted by Gasteiger charge is -2.28. The van der Waals surface area contributed by atoms with Gasteiger partial charge in [0.25, 0.3) is 0 Å². The second kappa shape index (κ2) is 5.05. The lowest BCUT2D eigenvalue weighted by atomic mass is 9.98. The van der Waals surface area contributed by atoms with E-state index < -0.39 is 0 Å². The Labute approximate surface area is 121 Å². The summed E-state index contributed by atoms with van der Waals surface area (Å²) >= 11 is 0. The quantitative estimate of drug-likeness (QED) is 0.911. The molecule has 0 aromatic heterocycles. The maximum Gasteiger partial charge on any atom is 0.0429 e. The third-order valence-electron chi connectivity index (χ3n) is 5.32. The average molecular weight is 271 g/mol. The van der Waals surface area contributed by atoms with Gasteiger partial charge in [-0.25, -0.2) is 0 Å². The van der Waals surface area contributed by atoms with Crippen molar-refractivity contribution in [2.75, 3.05) is 31.1 Å². The summed E-state index contributed by atoms with van der Waals surface area (Å²) in [5.41, 5.74) is 8.82. The van der Waals surface area contributed by atoms with E-state index in [0.29, 0.717) is 5.92 Å². The van der Waals surface area contributed by atoms with Crippen molar-refractivity contribution in [3.63, 3.8) is 0 Å². The summed E-state index contributed by atoms with van der Waals surface area (Å²) < 4.78 is 0. The molecule has 3 heteroatoms. The fourth-order valence-electron chi connectivity index (χ4n) is 4.12. The first-order valence-electron chi connectivity index (χ1n) is 8.16. The maximum absolute atomic E-state index is 5.81. The number of rotatable bonds is 4. The van der Waals surface area contributed by atoms with Crippen molar-refractivity contribution < 1.29 is 0 Å². The Bertz CT molecular complexity index is 483. The van der Waals surface area contributed by atoms with E-state index in [2.05, 4.69) is 34.1 Å². The van der Waals surface area contributed by atoms with Crippen molar-refractivity contribution in [2.24, 2.45) is 5.73 Å². The Morgan fingerprint density at radius 3 is 2.70 bits per heavy atom. The van der Waals surface area contributed by atoms with Gasteiger partial charge >= 0.3 is 0 Å². The molecule has 4 rings (SSSR count). The highest BCUT2D eigenvalue weighted by molar-refractivity contribution is 5.61. The first-order valence-corrected chi connectivity index (χ1v) is 8.16. The van der Waals surface area contributed by atoms with Crippen LogP contribution in [-0.4, -0.2) is 43.2 Å². The van der Waals surface area contributed by atoms with E-state index in [1.165, 1.54) is 50.1 Å². The second-order valence-electron chi connectivity index (χ2n) is 6.65. The highest BCUT2D eigenvalue weighted by atomic mass is 15.3. The van der Waals surface area contributed by atoms with E-state index in [1.807, 2.05) is 0 Å². The van der Waals surface area contributed by atoms with Gasteiger partial charge in [-0.15, -0.1) is 0 Å². The van der Waals surface area contributed by atoms with E-state index in [0.717, 1.165) is 25.0 Å². The van der Waals surface area contributed by atoms with Crippen LogP contribution in [0.2, 0.25) is 0 Å². The van der Waals surface area contributed by atoms with Crippen LogP contribution >= 0.6 is 0 Å². The largest absolute Gasteiger partial charge is 0.366 e. The smallest absolute Gasteiger partial charge is 0.0429 e. The van der Waals surface area contributed by atoms with E-state index in [4.69, 9.17) is 5.73 Å². The minimum absolute atomic E-state index is 0.645. The summed E-state index contributed by atoms with van der Waals surface area (Å²) in [6.45, 7) is 4.55. The molecule has 2 atom stereocenters. The Hall–Kier alpha value is -1.06. The number of nitrogens with two attached hydrogens (primary N) is 1. The minimum atomic E-state index is 0.645. The highest BCUT2D eigenvalue weighted by Gasteiger charge is 2.39. The van der Waals surface area contributed by atoms with Gasteiger partial charge < -0.3 is 10.6 Å². The van der Waals surface area contributed by atoms with Crippen molar-refractivity contribution in [1.29, 1.82) is 0 Å². The molecule has 2 N–H and O–H groups in total. The summed E-state index contributed by atoms with van der Waals surface area (Å²) in [6.07, 6.45) is 5.31. The fourth-order valence-corrected chi connectivity index (χ4v) is 4.12. The molecule has 2 unspecified atom stereocenters. The van der Waals surface area contributed by atoms with Crippen LogP contribution in [-0.2, 0) is 0 Å². The van der Waals surface area contributed by atoms with Crippen molar-refractivity contribution in [2.45, 2.75) is 43.7 Å². The molecule has 0 radical (unpaired) electrons. The maximum atomic E-state index is 5.81. The van der Waals surface area contributed by atoms with E-state index in [1.54, 1.807) is 0 Å². The van der Waals surface area contributed by atoms with Gasteiger partial charge in [0.05, 0.1) is 0 Å². The second-order valence-corrected chi connectivity index (χ2v) is 6.65.